The molecule has 0 bridgehead atoms. The van der Waals surface area contributed by atoms with Gasteiger partial charge in [0.1, 0.15) is 5.75 Å². The van der Waals surface area contributed by atoms with Gasteiger partial charge in [-0.15, -0.1) is 0 Å². The first-order valence-electron chi connectivity index (χ1n) is 8.05. The number of amides is 1. The predicted molar refractivity (Wildman–Crippen MR) is 88.6 cm³/mol. The molecule has 1 atom stereocenters. The van der Waals surface area contributed by atoms with E-state index in [-0.39, 0.29) is 11.8 Å². The van der Waals surface area contributed by atoms with E-state index in [1.807, 2.05) is 12.1 Å². The second kappa shape index (κ2) is 6.45. The SMILES string of the molecule is O=C(NCc1cc(Cl)cc2c1OCC2)c1cn[nH]c1C1CCOC1. The number of aromatic amines is 1. The fourth-order valence-electron chi connectivity index (χ4n) is 3.30. The van der Waals surface area contributed by atoms with Crippen molar-refractivity contribution in [2.75, 3.05) is 19.8 Å². The Morgan fingerprint density at radius 2 is 2.33 bits per heavy atom. The van der Waals surface area contributed by atoms with Crippen LogP contribution in [-0.2, 0) is 17.7 Å². The summed E-state index contributed by atoms with van der Waals surface area (Å²) in [5.74, 6) is 0.890. The van der Waals surface area contributed by atoms with Crippen LogP contribution in [0.3, 0.4) is 0 Å². The monoisotopic (exact) mass is 347 g/mol. The van der Waals surface area contributed by atoms with Crippen LogP contribution in [0.15, 0.2) is 18.3 Å². The number of ether oxygens (including phenoxy) is 2. The van der Waals surface area contributed by atoms with Gasteiger partial charge >= 0.3 is 0 Å². The van der Waals surface area contributed by atoms with Crippen LogP contribution in [0.25, 0.3) is 0 Å². The first-order chi connectivity index (χ1) is 11.7. The predicted octanol–water partition coefficient (Wildman–Crippen LogP) is 2.43. The number of hydrogen-bond donors (Lipinski definition) is 2. The second-order valence-electron chi connectivity index (χ2n) is 6.09. The Labute approximate surface area is 144 Å². The standard InChI is InChI=1S/C17H18ClN3O3/c18-13-5-10-2-4-24-16(10)12(6-13)7-19-17(22)14-8-20-21-15(14)11-1-3-23-9-11/h5-6,8,11H,1-4,7,9H2,(H,19,22)(H,20,21). The normalized spacial score (nSPS) is 19.1. The van der Waals surface area contributed by atoms with E-state index in [9.17, 15) is 4.79 Å². The lowest BCUT2D eigenvalue weighted by Gasteiger charge is -2.11. The van der Waals surface area contributed by atoms with Crippen LogP contribution < -0.4 is 10.1 Å². The highest BCUT2D eigenvalue weighted by atomic mass is 35.5. The second-order valence-corrected chi connectivity index (χ2v) is 6.53. The van der Waals surface area contributed by atoms with E-state index in [0.717, 1.165) is 42.0 Å². The molecule has 2 aliphatic heterocycles. The Balaban J connectivity index is 1.49. The van der Waals surface area contributed by atoms with Gasteiger partial charge in [0.05, 0.1) is 30.7 Å². The lowest BCUT2D eigenvalue weighted by Crippen LogP contribution is -2.24. The van der Waals surface area contributed by atoms with Crippen LogP contribution in [0.4, 0.5) is 0 Å². The Hall–Kier alpha value is -2.05. The molecule has 0 saturated carbocycles. The zero-order valence-corrected chi connectivity index (χ0v) is 13.9. The molecule has 3 heterocycles. The van der Waals surface area contributed by atoms with Crippen LogP contribution in [0, 0.1) is 0 Å². The van der Waals surface area contributed by atoms with Crippen LogP contribution >= 0.6 is 11.6 Å². The van der Waals surface area contributed by atoms with E-state index < -0.39 is 0 Å². The van der Waals surface area contributed by atoms with Crippen LogP contribution in [0.2, 0.25) is 5.02 Å². The fraction of sp³-hybridized carbons (Fsp3) is 0.412. The van der Waals surface area contributed by atoms with Gasteiger partial charge in [-0.2, -0.15) is 5.10 Å². The average molecular weight is 348 g/mol. The van der Waals surface area contributed by atoms with Crippen molar-refractivity contribution in [3.8, 4) is 5.75 Å². The molecule has 2 aliphatic rings. The highest BCUT2D eigenvalue weighted by molar-refractivity contribution is 6.30. The number of carbonyl (C=O) groups excluding carboxylic acids is 1. The van der Waals surface area contributed by atoms with E-state index >= 15 is 0 Å². The lowest BCUT2D eigenvalue weighted by molar-refractivity contribution is 0.0949. The van der Waals surface area contributed by atoms with Gasteiger partial charge in [-0.05, 0) is 24.1 Å². The third kappa shape index (κ3) is 2.87. The zero-order valence-electron chi connectivity index (χ0n) is 13.1. The molecular weight excluding hydrogens is 330 g/mol. The molecule has 4 rings (SSSR count). The molecule has 1 fully saturated rings. The summed E-state index contributed by atoms with van der Waals surface area (Å²) in [6.07, 6.45) is 3.32. The number of fused-ring (bicyclic) bond motifs is 1. The van der Waals surface area contributed by atoms with E-state index in [0.29, 0.717) is 30.3 Å². The number of nitrogens with zero attached hydrogens (tertiary/aromatic N) is 1. The summed E-state index contributed by atoms with van der Waals surface area (Å²) in [5, 5.41) is 10.6. The van der Waals surface area contributed by atoms with Gasteiger partial charge in [-0.1, -0.05) is 11.6 Å². The molecule has 24 heavy (non-hydrogen) atoms. The number of benzene rings is 1. The summed E-state index contributed by atoms with van der Waals surface area (Å²) >= 11 is 6.16. The maximum absolute atomic E-state index is 12.6. The van der Waals surface area contributed by atoms with Gasteiger partial charge < -0.3 is 14.8 Å². The van der Waals surface area contributed by atoms with Crippen LogP contribution in [-0.4, -0.2) is 35.9 Å². The van der Waals surface area contributed by atoms with Crippen molar-refractivity contribution in [2.24, 2.45) is 0 Å². The average Bonchev–Trinajstić information content (AvgIpc) is 3.30. The van der Waals surface area contributed by atoms with E-state index in [1.54, 1.807) is 6.20 Å². The van der Waals surface area contributed by atoms with Gasteiger partial charge in [0.2, 0.25) is 0 Å². The van der Waals surface area contributed by atoms with Crippen molar-refractivity contribution in [1.29, 1.82) is 0 Å². The first-order valence-corrected chi connectivity index (χ1v) is 8.43. The summed E-state index contributed by atoms with van der Waals surface area (Å²) in [6.45, 7) is 2.37. The maximum Gasteiger partial charge on any atom is 0.255 e. The highest BCUT2D eigenvalue weighted by Gasteiger charge is 2.25. The Bertz CT molecular complexity index is 768. The smallest absolute Gasteiger partial charge is 0.255 e. The number of hydrogen-bond acceptors (Lipinski definition) is 4. The van der Waals surface area contributed by atoms with Crippen molar-refractivity contribution in [1.82, 2.24) is 15.5 Å². The minimum absolute atomic E-state index is 0.155. The fourth-order valence-corrected chi connectivity index (χ4v) is 3.56. The van der Waals surface area contributed by atoms with Gasteiger partial charge in [0, 0.05) is 36.1 Å². The third-order valence-corrected chi connectivity index (χ3v) is 4.73. The van der Waals surface area contributed by atoms with Gasteiger partial charge in [0.15, 0.2) is 0 Å². The summed E-state index contributed by atoms with van der Waals surface area (Å²) < 4.78 is 11.1. The van der Waals surface area contributed by atoms with Crippen LogP contribution in [0.1, 0.15) is 39.5 Å². The van der Waals surface area contributed by atoms with Gasteiger partial charge in [0.25, 0.3) is 5.91 Å². The minimum Gasteiger partial charge on any atom is -0.493 e. The molecule has 2 N–H and O–H groups in total. The number of H-pyrrole nitrogens is 1. The van der Waals surface area contributed by atoms with E-state index in [1.165, 1.54) is 0 Å². The lowest BCUT2D eigenvalue weighted by atomic mass is 10.0. The highest BCUT2D eigenvalue weighted by Crippen LogP contribution is 2.33. The first kappa shape index (κ1) is 15.5. The molecule has 0 radical (unpaired) electrons. The molecule has 1 aromatic carbocycles. The molecule has 126 valence electrons. The third-order valence-electron chi connectivity index (χ3n) is 4.52. The number of halogens is 1. The number of nitrogens with one attached hydrogen (secondary N) is 2. The molecule has 2 aromatic rings. The number of aromatic nitrogens is 2. The summed E-state index contributed by atoms with van der Waals surface area (Å²) in [7, 11) is 0. The number of rotatable bonds is 4. The van der Waals surface area contributed by atoms with Crippen molar-refractivity contribution >= 4 is 17.5 Å². The van der Waals surface area contributed by atoms with Crippen molar-refractivity contribution in [3.05, 3.63) is 45.7 Å². The Morgan fingerprint density at radius 1 is 1.42 bits per heavy atom. The minimum atomic E-state index is -0.155. The van der Waals surface area contributed by atoms with Crippen molar-refractivity contribution < 1.29 is 14.3 Å². The summed E-state index contributed by atoms with van der Waals surface area (Å²) in [4.78, 5) is 12.6. The summed E-state index contributed by atoms with van der Waals surface area (Å²) in [6, 6.07) is 3.76. The van der Waals surface area contributed by atoms with Gasteiger partial charge in [-0.25, -0.2) is 0 Å². The van der Waals surface area contributed by atoms with Crippen molar-refractivity contribution in [3.63, 3.8) is 0 Å². The summed E-state index contributed by atoms with van der Waals surface area (Å²) in [5.41, 5.74) is 3.42. The molecular formula is C17H18ClN3O3. The van der Waals surface area contributed by atoms with Crippen molar-refractivity contribution in [2.45, 2.75) is 25.3 Å². The quantitative estimate of drug-likeness (QED) is 0.890. The molecule has 1 aromatic heterocycles. The number of carbonyl (C=O) groups is 1. The molecule has 0 aliphatic carbocycles. The van der Waals surface area contributed by atoms with Crippen LogP contribution in [0.5, 0.6) is 5.75 Å². The molecule has 1 unspecified atom stereocenters. The topological polar surface area (TPSA) is 76.2 Å². The largest absolute Gasteiger partial charge is 0.493 e. The Kier molecular flexibility index (Phi) is 4.16. The zero-order chi connectivity index (χ0) is 16.5. The Morgan fingerprint density at radius 3 is 3.17 bits per heavy atom. The van der Waals surface area contributed by atoms with E-state index in [4.69, 9.17) is 21.1 Å². The molecule has 1 saturated heterocycles. The molecule has 0 spiro atoms. The maximum atomic E-state index is 12.6. The van der Waals surface area contributed by atoms with Gasteiger partial charge in [-0.3, -0.25) is 9.89 Å². The molecule has 6 nitrogen and oxygen atoms in total. The van der Waals surface area contributed by atoms with E-state index in [2.05, 4.69) is 15.5 Å². The molecule has 1 amide bonds. The molecule has 7 heteroatoms.